The molecule has 656 valence electrons. The fourth-order valence-corrected chi connectivity index (χ4v) is 22.4. The van der Waals surface area contributed by atoms with Gasteiger partial charge in [-0.05, 0) is 223 Å². The quantitative estimate of drug-likeness (QED) is 0.128. The summed E-state index contributed by atoms with van der Waals surface area (Å²) >= 11 is 0. The minimum Gasteiger partial charge on any atom is -0.309 e. The molecule has 0 radical (unpaired) electrons. The summed E-state index contributed by atoms with van der Waals surface area (Å²) in [6.45, 7) is 0. The molecule has 0 spiro atoms. The molecule has 8 aromatic heterocycles. The van der Waals surface area contributed by atoms with Gasteiger partial charge in [0.15, 0.2) is 0 Å². The number of hydrogen-bond donors (Lipinski definition) is 0. The maximum Gasteiger partial charge on any atom is 0.280 e. The smallest absolute Gasteiger partial charge is 0.280 e. The first kappa shape index (κ1) is 80.7. The predicted molar refractivity (Wildman–Crippen MR) is 582 cm³/mol. The van der Waals surface area contributed by atoms with Crippen LogP contribution in [0.1, 0.15) is 0 Å². The summed E-state index contributed by atoms with van der Waals surface area (Å²) in [4.78, 5) is 44.4. The van der Waals surface area contributed by atoms with Crippen molar-refractivity contribution in [1.82, 2.24) is 36.0 Å². The first-order chi connectivity index (χ1) is 69.3. The second-order valence-corrected chi connectivity index (χ2v) is 36.0. The van der Waals surface area contributed by atoms with E-state index in [-0.39, 0.29) is 16.7 Å². The Labute approximate surface area is 801 Å². The Morgan fingerprint density at radius 3 is 0.750 bits per heavy atom. The Morgan fingerprint density at radius 2 is 0.357 bits per heavy atom. The van der Waals surface area contributed by atoms with E-state index >= 15 is 0 Å². The first-order valence-electron chi connectivity index (χ1n) is 47.4. The van der Waals surface area contributed by atoms with Crippen LogP contribution in [-0.4, -0.2) is 36.0 Å². The number of fused-ring (bicyclic) bond motifs is 27. The number of benzene rings is 21. The van der Waals surface area contributed by atoms with Gasteiger partial charge in [-0.15, -0.1) is 0 Å². The van der Waals surface area contributed by atoms with Crippen LogP contribution in [0.5, 0.6) is 0 Å². The molecule has 11 heteroatoms. The van der Waals surface area contributed by atoms with Crippen molar-refractivity contribution in [3.63, 3.8) is 0 Å². The van der Waals surface area contributed by atoms with Crippen LogP contribution in [0.15, 0.2) is 512 Å². The van der Waals surface area contributed by atoms with Gasteiger partial charge in [0, 0.05) is 77.1 Å². The highest BCUT2D eigenvalue weighted by Gasteiger charge is 2.28. The van der Waals surface area contributed by atoms with E-state index in [1.807, 2.05) is 171 Å². The van der Waals surface area contributed by atoms with Gasteiger partial charge in [-0.2, -0.15) is 0 Å². The van der Waals surface area contributed by atoms with E-state index in [0.29, 0.717) is 16.6 Å². The van der Waals surface area contributed by atoms with Crippen molar-refractivity contribution in [2.24, 2.45) is 0 Å². The zero-order valence-electron chi connectivity index (χ0n) is 75.6. The summed E-state index contributed by atoms with van der Waals surface area (Å²) in [5.74, 6) is 0. The van der Waals surface area contributed by atoms with Gasteiger partial charge >= 0.3 is 0 Å². The van der Waals surface area contributed by atoms with Gasteiger partial charge in [-0.3, -0.25) is 28.1 Å². The average molecular weight is 1790 g/mol. The molecular formula is C129H82N8O3. The van der Waals surface area contributed by atoms with Gasteiger partial charge in [-0.1, -0.05) is 346 Å². The molecule has 0 saturated carbocycles. The fraction of sp³-hybridized carbons (Fsp3) is 0. The molecule has 0 atom stereocenters. The van der Waals surface area contributed by atoms with Gasteiger partial charge in [0.1, 0.15) is 16.6 Å². The summed E-state index contributed by atoms with van der Waals surface area (Å²) in [5.41, 5.74) is 30.5. The predicted octanol–water partition coefficient (Wildman–Crippen LogP) is 31.2. The highest BCUT2D eigenvalue weighted by atomic mass is 16.1. The molecule has 0 saturated heterocycles. The fourth-order valence-electron chi connectivity index (χ4n) is 22.4. The minimum atomic E-state index is -0.0448. The zero-order chi connectivity index (χ0) is 92.7. The van der Waals surface area contributed by atoms with Crippen molar-refractivity contribution in [2.45, 2.75) is 0 Å². The average Bonchev–Trinajstić information content (AvgIpc) is 1.51. The molecule has 0 amide bonds. The lowest BCUT2D eigenvalue weighted by Crippen LogP contribution is -2.21. The molecule has 0 aliphatic heterocycles. The van der Waals surface area contributed by atoms with Crippen LogP contribution in [0.3, 0.4) is 0 Å². The van der Waals surface area contributed by atoms with Gasteiger partial charge in [-0.25, -0.2) is 0 Å². The lowest BCUT2D eigenvalue weighted by molar-refractivity contribution is 1.03. The molecule has 0 N–H and O–H groups in total. The molecule has 11 nitrogen and oxygen atoms in total. The molecular weight excluding hydrogens is 1710 g/mol. The molecule has 0 bridgehead atoms. The molecule has 8 heterocycles. The van der Waals surface area contributed by atoms with Crippen LogP contribution < -0.4 is 16.7 Å². The van der Waals surface area contributed by atoms with E-state index in [1.54, 1.807) is 0 Å². The maximum atomic E-state index is 14.9. The zero-order valence-corrected chi connectivity index (χ0v) is 75.6. The van der Waals surface area contributed by atoms with E-state index in [9.17, 15) is 14.4 Å². The molecule has 0 unspecified atom stereocenters. The lowest BCUT2D eigenvalue weighted by Gasteiger charge is -2.16. The molecule has 29 aromatic rings. The SMILES string of the molecule is O=c1c2c(-c3ccccc3)c3cc(-c4ccc5c(c4)c4ccccc4n5-c4ccccc4)ccc3n2c2ccccc2n1-c1ccccc1.O=c1c2c(-c3ccccc3)c3ccccc3n2c2ccccc2n1-c1ccc(-c2ccc(-n3c4ccccc4c4ccccc43)cc2)cc1.O=c1c2c(-c3ccccc3)c3ccccc3n2c2ccccc2n1-c1ccc2c3ccccc3c3ccccc3c2c1. The van der Waals surface area contributed by atoms with Crippen LogP contribution in [-0.2, 0) is 0 Å². The van der Waals surface area contributed by atoms with E-state index in [4.69, 9.17) is 0 Å². The number of hydrogen-bond acceptors (Lipinski definition) is 3. The van der Waals surface area contributed by atoms with Crippen LogP contribution in [0, 0.1) is 0 Å². The maximum absolute atomic E-state index is 14.9. The summed E-state index contributed by atoms with van der Waals surface area (Å²) in [5, 5.41) is 15.3. The van der Waals surface area contributed by atoms with Crippen molar-refractivity contribution in [3.8, 4) is 84.1 Å². The highest BCUT2D eigenvalue weighted by molar-refractivity contribution is 6.26. The Morgan fingerprint density at radius 1 is 0.121 bits per heavy atom. The van der Waals surface area contributed by atoms with Crippen molar-refractivity contribution < 1.29 is 0 Å². The Kier molecular flexibility index (Phi) is 18.8. The Balaban J connectivity index is 0.000000106. The number of para-hydroxylation sites is 13. The largest absolute Gasteiger partial charge is 0.309 e. The first-order valence-corrected chi connectivity index (χ1v) is 47.4. The topological polar surface area (TPSA) is 89.1 Å². The molecule has 0 aliphatic carbocycles. The minimum absolute atomic E-state index is 0.0341. The van der Waals surface area contributed by atoms with E-state index in [0.717, 1.165) is 155 Å². The van der Waals surface area contributed by atoms with Gasteiger partial charge in [0.2, 0.25) is 0 Å². The highest BCUT2D eigenvalue weighted by Crippen LogP contribution is 2.46. The van der Waals surface area contributed by atoms with Crippen LogP contribution in [0.25, 0.3) is 242 Å². The monoisotopic (exact) mass is 1790 g/mol. The Bertz CT molecular complexity index is 10200. The van der Waals surface area contributed by atoms with Gasteiger partial charge in [0.25, 0.3) is 16.7 Å². The standard InChI is InChI=1S/2C45H29N3O.C39H24N2O/c49-45-44-43(30-14-4-1-5-15-30)37-29-32(25-27-40(37)48(44)42-23-13-12-22-41(42)47(45)34-18-8-3-9-19-34)31-24-26-39-36(28-31)35-20-10-11-21-38(35)46(39)33-16-6-2-7-17-33;49-45-44-43(32-12-2-1-3-13-32)37-16-6-9-19-40(37)48(44)42-21-11-10-20-41(42)47(45)34-28-24-31(25-29-34)30-22-26-33(27-23-30)46-38-17-7-4-14-35(38)36-15-5-8-18-39(36)46;42-39-38-37(25-12-2-1-3-13-25)32-18-8-9-19-34(32)41(38)36-21-11-10-20-35(36)40(39)26-22-23-31-29-16-5-4-14-27(29)28-15-6-7-17-30(28)33(31)24-26/h2*1-29H;1-24H. The van der Waals surface area contributed by atoms with Crippen LogP contribution >= 0.6 is 0 Å². The molecule has 0 aliphatic rings. The second-order valence-electron chi connectivity index (χ2n) is 36.0. The van der Waals surface area contributed by atoms with Crippen LogP contribution in [0.2, 0.25) is 0 Å². The van der Waals surface area contributed by atoms with Crippen molar-refractivity contribution in [3.05, 3.63) is 529 Å². The summed E-state index contributed by atoms with van der Waals surface area (Å²) < 4.78 is 16.7. The normalized spacial score (nSPS) is 11.8. The summed E-state index contributed by atoms with van der Waals surface area (Å²) in [7, 11) is 0. The van der Waals surface area contributed by atoms with Crippen molar-refractivity contribution >= 4 is 158 Å². The number of rotatable bonds is 10. The molecule has 29 rings (SSSR count). The summed E-state index contributed by atoms with van der Waals surface area (Å²) in [6.07, 6.45) is 0. The third-order valence-electron chi connectivity index (χ3n) is 28.4. The number of aromatic nitrogens is 8. The third kappa shape index (κ3) is 12.7. The summed E-state index contributed by atoms with van der Waals surface area (Å²) in [6, 6.07) is 172. The molecule has 21 aromatic carbocycles. The van der Waals surface area contributed by atoms with Crippen LogP contribution in [0.4, 0.5) is 0 Å². The second kappa shape index (κ2) is 32.7. The Hall–Kier alpha value is -19.0. The van der Waals surface area contributed by atoms with E-state index < -0.39 is 0 Å². The van der Waals surface area contributed by atoms with Crippen molar-refractivity contribution in [2.75, 3.05) is 0 Å². The number of nitrogens with zero attached hydrogens (tertiary/aromatic N) is 8. The lowest BCUT2D eigenvalue weighted by atomic mass is 9.94. The van der Waals surface area contributed by atoms with E-state index in [2.05, 4.69) is 362 Å². The van der Waals surface area contributed by atoms with Gasteiger partial charge in [0.05, 0.1) is 77.4 Å². The van der Waals surface area contributed by atoms with Gasteiger partial charge < -0.3 is 22.3 Å². The van der Waals surface area contributed by atoms with Crippen molar-refractivity contribution in [1.29, 1.82) is 0 Å². The third-order valence-corrected chi connectivity index (χ3v) is 28.4. The van der Waals surface area contributed by atoms with E-state index in [1.165, 1.54) is 70.5 Å². The molecule has 140 heavy (non-hydrogen) atoms. The molecule has 0 fully saturated rings.